The van der Waals surface area contributed by atoms with Crippen molar-refractivity contribution in [1.29, 1.82) is 0 Å². The molecule has 2 aromatic heterocycles. The smallest absolute Gasteiger partial charge is 0.191 e. The van der Waals surface area contributed by atoms with E-state index in [1.807, 2.05) is 29.0 Å². The Kier molecular flexibility index (Phi) is 5.54. The zero-order chi connectivity index (χ0) is 19.5. The van der Waals surface area contributed by atoms with Gasteiger partial charge in [0.1, 0.15) is 6.23 Å². The van der Waals surface area contributed by atoms with Crippen LogP contribution in [0.3, 0.4) is 0 Å². The van der Waals surface area contributed by atoms with Crippen molar-refractivity contribution < 1.29 is 14.2 Å². The third kappa shape index (κ3) is 3.59. The lowest BCUT2D eigenvalue weighted by Crippen LogP contribution is -2.17. The minimum Gasteiger partial charge on any atom is -0.493 e. The van der Waals surface area contributed by atoms with Gasteiger partial charge in [-0.15, -0.1) is 0 Å². The molecule has 4 rings (SSSR count). The lowest BCUT2D eigenvalue weighted by atomic mass is 10.2. The summed E-state index contributed by atoms with van der Waals surface area (Å²) in [6, 6.07) is 5.63. The second kappa shape index (κ2) is 8.24. The standard InChI is InChI=1S/C19H23N5O3S/c1-25-13-8-7-12(10-14(13)26-2)21-17-16-18(23-19(22-17)28-3)24(11-20-16)15-6-4-5-9-27-15/h7-8,10-11,15H,4-6,9H2,1-3H3,(H,21,22,23). The van der Waals surface area contributed by atoms with Crippen molar-refractivity contribution in [2.24, 2.45) is 0 Å². The van der Waals surface area contributed by atoms with E-state index < -0.39 is 0 Å². The highest BCUT2D eigenvalue weighted by molar-refractivity contribution is 7.98. The lowest BCUT2D eigenvalue weighted by molar-refractivity contribution is -0.0298. The molecule has 1 N–H and O–H groups in total. The van der Waals surface area contributed by atoms with Crippen LogP contribution >= 0.6 is 11.8 Å². The molecule has 0 spiro atoms. The van der Waals surface area contributed by atoms with Gasteiger partial charge in [-0.2, -0.15) is 0 Å². The van der Waals surface area contributed by atoms with Gasteiger partial charge in [-0.3, -0.25) is 4.57 Å². The molecule has 3 aromatic rings. The monoisotopic (exact) mass is 401 g/mol. The first-order chi connectivity index (χ1) is 13.7. The highest BCUT2D eigenvalue weighted by Gasteiger charge is 2.21. The number of nitrogens with zero attached hydrogens (tertiary/aromatic N) is 4. The highest BCUT2D eigenvalue weighted by Crippen LogP contribution is 2.33. The second-order valence-electron chi connectivity index (χ2n) is 6.40. The summed E-state index contributed by atoms with van der Waals surface area (Å²) >= 11 is 1.49. The van der Waals surface area contributed by atoms with Gasteiger partial charge in [-0.1, -0.05) is 11.8 Å². The van der Waals surface area contributed by atoms with Gasteiger partial charge < -0.3 is 19.5 Å². The maximum atomic E-state index is 5.92. The first kappa shape index (κ1) is 18.8. The average molecular weight is 401 g/mol. The van der Waals surface area contributed by atoms with Crippen molar-refractivity contribution in [1.82, 2.24) is 19.5 Å². The Hall–Kier alpha value is -2.52. The fourth-order valence-electron chi connectivity index (χ4n) is 3.28. The van der Waals surface area contributed by atoms with Crippen molar-refractivity contribution >= 4 is 34.4 Å². The molecular formula is C19H23N5O3S. The molecule has 1 aromatic carbocycles. The number of benzene rings is 1. The number of rotatable bonds is 6. The number of hydrogen-bond donors (Lipinski definition) is 1. The SMILES string of the molecule is COc1ccc(Nc2nc(SC)nc3c2ncn3C2CCCCO2)cc1OC. The average Bonchev–Trinajstić information content (AvgIpc) is 3.18. The number of thioether (sulfide) groups is 1. The first-order valence-corrected chi connectivity index (χ1v) is 10.3. The number of hydrogen-bond acceptors (Lipinski definition) is 8. The number of methoxy groups -OCH3 is 2. The number of imidazole rings is 1. The zero-order valence-corrected chi connectivity index (χ0v) is 17.0. The molecule has 1 aliphatic rings. The summed E-state index contributed by atoms with van der Waals surface area (Å²) in [6.45, 7) is 0.765. The maximum Gasteiger partial charge on any atom is 0.191 e. The van der Waals surface area contributed by atoms with E-state index in [4.69, 9.17) is 14.2 Å². The van der Waals surface area contributed by atoms with E-state index in [-0.39, 0.29) is 6.23 Å². The van der Waals surface area contributed by atoms with Gasteiger partial charge in [0, 0.05) is 18.4 Å². The van der Waals surface area contributed by atoms with Gasteiger partial charge in [0.15, 0.2) is 33.6 Å². The molecular weight excluding hydrogens is 378 g/mol. The van der Waals surface area contributed by atoms with Crippen LogP contribution in [0.1, 0.15) is 25.5 Å². The summed E-state index contributed by atoms with van der Waals surface area (Å²) < 4.78 is 18.6. The molecule has 0 radical (unpaired) electrons. The molecule has 0 amide bonds. The van der Waals surface area contributed by atoms with Crippen LogP contribution in [-0.4, -0.2) is 46.6 Å². The zero-order valence-electron chi connectivity index (χ0n) is 16.1. The van der Waals surface area contributed by atoms with Crippen molar-refractivity contribution in [2.75, 3.05) is 32.4 Å². The molecule has 0 aliphatic carbocycles. The van der Waals surface area contributed by atoms with E-state index in [0.29, 0.717) is 28.0 Å². The summed E-state index contributed by atoms with van der Waals surface area (Å²) in [7, 11) is 3.23. The predicted octanol–water partition coefficient (Wildman–Crippen LogP) is 4.01. The second-order valence-corrected chi connectivity index (χ2v) is 7.17. The van der Waals surface area contributed by atoms with Crippen LogP contribution in [0.2, 0.25) is 0 Å². The van der Waals surface area contributed by atoms with E-state index >= 15 is 0 Å². The molecule has 1 unspecified atom stereocenters. The number of nitrogens with one attached hydrogen (secondary N) is 1. The van der Waals surface area contributed by atoms with Crippen LogP contribution in [0.25, 0.3) is 11.2 Å². The summed E-state index contributed by atoms with van der Waals surface area (Å²) in [5.41, 5.74) is 2.31. The summed E-state index contributed by atoms with van der Waals surface area (Å²) in [6.07, 6.45) is 6.92. The molecule has 3 heterocycles. The van der Waals surface area contributed by atoms with Crippen LogP contribution in [0.5, 0.6) is 11.5 Å². The minimum atomic E-state index is -0.0303. The van der Waals surface area contributed by atoms with E-state index in [2.05, 4.69) is 20.3 Å². The van der Waals surface area contributed by atoms with Crippen LogP contribution in [-0.2, 0) is 4.74 Å². The van der Waals surface area contributed by atoms with E-state index in [9.17, 15) is 0 Å². The molecule has 9 heteroatoms. The summed E-state index contributed by atoms with van der Waals surface area (Å²) in [5.74, 6) is 1.96. The van der Waals surface area contributed by atoms with Gasteiger partial charge in [0.05, 0.1) is 20.5 Å². The molecule has 1 atom stereocenters. The Bertz CT molecular complexity index is 972. The van der Waals surface area contributed by atoms with Gasteiger partial charge >= 0.3 is 0 Å². The molecule has 148 valence electrons. The quantitative estimate of drug-likeness (QED) is 0.490. The summed E-state index contributed by atoms with van der Waals surface area (Å²) in [4.78, 5) is 13.9. The Labute approximate surface area is 167 Å². The third-order valence-electron chi connectivity index (χ3n) is 4.70. The Balaban J connectivity index is 1.73. The first-order valence-electron chi connectivity index (χ1n) is 9.12. The molecule has 1 aliphatic heterocycles. The fourth-order valence-corrected chi connectivity index (χ4v) is 3.64. The topological polar surface area (TPSA) is 83.3 Å². The van der Waals surface area contributed by atoms with Crippen LogP contribution in [0.15, 0.2) is 29.7 Å². The highest BCUT2D eigenvalue weighted by atomic mass is 32.2. The van der Waals surface area contributed by atoms with Crippen LogP contribution in [0.4, 0.5) is 11.5 Å². The van der Waals surface area contributed by atoms with Gasteiger partial charge in [-0.25, -0.2) is 15.0 Å². The number of anilines is 2. The predicted molar refractivity (Wildman–Crippen MR) is 109 cm³/mol. The number of ether oxygens (including phenoxy) is 3. The number of aromatic nitrogens is 4. The van der Waals surface area contributed by atoms with Gasteiger partial charge in [-0.05, 0) is 37.7 Å². The van der Waals surface area contributed by atoms with Gasteiger partial charge in [0.25, 0.3) is 0 Å². The van der Waals surface area contributed by atoms with Crippen molar-refractivity contribution in [3.63, 3.8) is 0 Å². The van der Waals surface area contributed by atoms with E-state index in [1.165, 1.54) is 11.8 Å². The third-order valence-corrected chi connectivity index (χ3v) is 5.24. The summed E-state index contributed by atoms with van der Waals surface area (Å²) in [5, 5.41) is 4.02. The molecule has 0 saturated carbocycles. The molecule has 0 bridgehead atoms. The molecule has 1 saturated heterocycles. The Morgan fingerprint density at radius 1 is 1.18 bits per heavy atom. The Morgan fingerprint density at radius 3 is 2.75 bits per heavy atom. The maximum absolute atomic E-state index is 5.92. The van der Waals surface area contributed by atoms with Crippen molar-refractivity contribution in [3.8, 4) is 11.5 Å². The molecule has 28 heavy (non-hydrogen) atoms. The van der Waals surface area contributed by atoms with Crippen molar-refractivity contribution in [3.05, 3.63) is 24.5 Å². The molecule has 1 fully saturated rings. The van der Waals surface area contributed by atoms with E-state index in [1.54, 1.807) is 20.5 Å². The Morgan fingerprint density at radius 2 is 2.04 bits per heavy atom. The molecule has 8 nitrogen and oxygen atoms in total. The normalized spacial score (nSPS) is 16.9. The largest absolute Gasteiger partial charge is 0.493 e. The van der Waals surface area contributed by atoms with Crippen molar-refractivity contribution in [2.45, 2.75) is 30.6 Å². The fraction of sp³-hybridized carbons (Fsp3) is 0.421. The lowest BCUT2D eigenvalue weighted by Gasteiger charge is -2.23. The minimum absolute atomic E-state index is 0.0303. The van der Waals surface area contributed by atoms with E-state index in [0.717, 1.165) is 37.2 Å². The van der Waals surface area contributed by atoms with Crippen LogP contribution in [0, 0.1) is 0 Å². The van der Waals surface area contributed by atoms with Crippen LogP contribution < -0.4 is 14.8 Å². The van der Waals surface area contributed by atoms with Gasteiger partial charge in [0.2, 0.25) is 0 Å². The number of fused-ring (bicyclic) bond motifs is 1.